The van der Waals surface area contributed by atoms with Crippen LogP contribution in [0.15, 0.2) is 54.7 Å². The van der Waals surface area contributed by atoms with Gasteiger partial charge in [-0.05, 0) is 30.5 Å². The van der Waals surface area contributed by atoms with Crippen molar-refractivity contribution in [2.75, 3.05) is 13.2 Å². The molecule has 4 rings (SSSR count). The van der Waals surface area contributed by atoms with Crippen LogP contribution in [0.1, 0.15) is 47.3 Å². The fourth-order valence-corrected chi connectivity index (χ4v) is 3.43. The quantitative estimate of drug-likeness (QED) is 0.619. The SMILES string of the molecule is CCCCc1cnc(-c2ccc(C3COC3)cc2)c(-c2ccc(C(=O)O)cc2)n1. The summed E-state index contributed by atoms with van der Waals surface area (Å²) in [4.78, 5) is 20.8. The van der Waals surface area contributed by atoms with E-state index in [0.29, 0.717) is 5.92 Å². The molecule has 29 heavy (non-hydrogen) atoms. The highest BCUT2D eigenvalue weighted by Gasteiger charge is 2.20. The zero-order valence-electron chi connectivity index (χ0n) is 16.5. The summed E-state index contributed by atoms with van der Waals surface area (Å²) < 4.78 is 5.29. The van der Waals surface area contributed by atoms with Gasteiger partial charge in [0.05, 0.1) is 35.9 Å². The number of aromatic carboxylic acids is 1. The summed E-state index contributed by atoms with van der Waals surface area (Å²) in [7, 11) is 0. The summed E-state index contributed by atoms with van der Waals surface area (Å²) in [5, 5.41) is 9.18. The highest BCUT2D eigenvalue weighted by Crippen LogP contribution is 2.31. The largest absolute Gasteiger partial charge is 0.478 e. The molecule has 1 aromatic heterocycles. The Morgan fingerprint density at radius 3 is 2.28 bits per heavy atom. The van der Waals surface area contributed by atoms with Crippen molar-refractivity contribution in [3.63, 3.8) is 0 Å². The topological polar surface area (TPSA) is 72.3 Å². The molecule has 2 aromatic carbocycles. The molecule has 0 aliphatic carbocycles. The van der Waals surface area contributed by atoms with Crippen molar-refractivity contribution >= 4 is 5.97 Å². The van der Waals surface area contributed by atoms with Crippen molar-refractivity contribution in [1.29, 1.82) is 0 Å². The van der Waals surface area contributed by atoms with E-state index in [1.54, 1.807) is 24.3 Å². The van der Waals surface area contributed by atoms with Crippen molar-refractivity contribution < 1.29 is 14.6 Å². The van der Waals surface area contributed by atoms with Gasteiger partial charge >= 0.3 is 5.97 Å². The molecule has 3 aromatic rings. The molecule has 0 unspecified atom stereocenters. The molecule has 0 radical (unpaired) electrons. The Bertz CT molecular complexity index is 994. The Balaban J connectivity index is 1.72. The first kappa shape index (κ1) is 19.3. The van der Waals surface area contributed by atoms with Crippen LogP contribution in [-0.2, 0) is 11.2 Å². The van der Waals surface area contributed by atoms with Gasteiger partial charge in [0.2, 0.25) is 0 Å². The molecule has 1 saturated heterocycles. The number of rotatable bonds is 7. The summed E-state index contributed by atoms with van der Waals surface area (Å²) >= 11 is 0. The Labute approximate surface area is 170 Å². The van der Waals surface area contributed by atoms with Crippen LogP contribution in [0, 0.1) is 0 Å². The molecule has 148 valence electrons. The lowest BCUT2D eigenvalue weighted by Gasteiger charge is -2.26. The molecule has 0 spiro atoms. The third-order valence-electron chi connectivity index (χ3n) is 5.31. The fraction of sp³-hybridized carbons (Fsp3) is 0.292. The monoisotopic (exact) mass is 388 g/mol. The second-order valence-electron chi connectivity index (χ2n) is 7.40. The van der Waals surface area contributed by atoms with Crippen LogP contribution in [0.4, 0.5) is 0 Å². The molecular weight excluding hydrogens is 364 g/mol. The normalized spacial score (nSPS) is 13.8. The molecule has 5 heteroatoms. The van der Waals surface area contributed by atoms with Gasteiger partial charge in [0, 0.05) is 23.2 Å². The number of benzene rings is 2. The van der Waals surface area contributed by atoms with Crippen LogP contribution in [-0.4, -0.2) is 34.3 Å². The number of ether oxygens (including phenoxy) is 1. The Hall–Kier alpha value is -3.05. The zero-order chi connectivity index (χ0) is 20.2. The molecule has 1 aliphatic rings. The average molecular weight is 388 g/mol. The first-order valence-electron chi connectivity index (χ1n) is 10.0. The standard InChI is InChI=1S/C24H24N2O3/c1-2-3-4-21-13-25-22(17-7-5-16(6-8-17)20-14-29-15-20)23(26-21)18-9-11-19(12-10-18)24(27)28/h5-13,20H,2-4,14-15H2,1H3,(H,27,28). The predicted octanol–water partition coefficient (Wildman–Crippen LogP) is 4.97. The second kappa shape index (κ2) is 8.53. The van der Waals surface area contributed by atoms with E-state index in [9.17, 15) is 9.90 Å². The van der Waals surface area contributed by atoms with Crippen LogP contribution < -0.4 is 0 Å². The summed E-state index contributed by atoms with van der Waals surface area (Å²) in [5.41, 5.74) is 5.96. The van der Waals surface area contributed by atoms with E-state index in [1.807, 2.05) is 6.20 Å². The molecule has 1 fully saturated rings. The average Bonchev–Trinajstić information content (AvgIpc) is 2.71. The van der Waals surface area contributed by atoms with Crippen molar-refractivity contribution in [2.24, 2.45) is 0 Å². The molecular formula is C24H24N2O3. The van der Waals surface area contributed by atoms with Gasteiger partial charge < -0.3 is 9.84 Å². The summed E-state index contributed by atoms with van der Waals surface area (Å²) in [6.07, 6.45) is 4.89. The van der Waals surface area contributed by atoms with E-state index >= 15 is 0 Å². The number of hydrogen-bond donors (Lipinski definition) is 1. The molecule has 1 N–H and O–H groups in total. The Morgan fingerprint density at radius 1 is 1.03 bits per heavy atom. The molecule has 0 amide bonds. The number of unbranched alkanes of at least 4 members (excludes halogenated alkanes) is 1. The minimum Gasteiger partial charge on any atom is -0.478 e. The number of carboxylic acid groups (broad SMARTS) is 1. The smallest absolute Gasteiger partial charge is 0.335 e. The number of hydrogen-bond acceptors (Lipinski definition) is 4. The van der Waals surface area contributed by atoms with Gasteiger partial charge in [0.25, 0.3) is 0 Å². The van der Waals surface area contributed by atoms with E-state index in [0.717, 1.165) is 60.7 Å². The maximum Gasteiger partial charge on any atom is 0.335 e. The lowest BCUT2D eigenvalue weighted by atomic mass is 9.95. The highest BCUT2D eigenvalue weighted by molar-refractivity contribution is 5.88. The number of nitrogens with zero attached hydrogens (tertiary/aromatic N) is 2. The van der Waals surface area contributed by atoms with Crippen molar-refractivity contribution in [2.45, 2.75) is 32.1 Å². The maximum absolute atomic E-state index is 11.2. The van der Waals surface area contributed by atoms with E-state index in [2.05, 4.69) is 31.2 Å². The summed E-state index contributed by atoms with van der Waals surface area (Å²) in [5.74, 6) is -0.454. The number of aryl methyl sites for hydroxylation is 1. The molecule has 0 bridgehead atoms. The van der Waals surface area contributed by atoms with Crippen molar-refractivity contribution in [1.82, 2.24) is 9.97 Å². The Kier molecular flexibility index (Phi) is 5.67. The van der Waals surface area contributed by atoms with E-state index < -0.39 is 5.97 Å². The second-order valence-corrected chi connectivity index (χ2v) is 7.40. The van der Waals surface area contributed by atoms with Gasteiger partial charge in [-0.3, -0.25) is 4.98 Å². The zero-order valence-corrected chi connectivity index (χ0v) is 16.5. The first-order valence-corrected chi connectivity index (χ1v) is 10.0. The van der Waals surface area contributed by atoms with Gasteiger partial charge in [0.15, 0.2) is 0 Å². The number of carboxylic acids is 1. The number of carbonyl (C=O) groups is 1. The third-order valence-corrected chi connectivity index (χ3v) is 5.31. The van der Waals surface area contributed by atoms with Crippen LogP contribution >= 0.6 is 0 Å². The maximum atomic E-state index is 11.2. The van der Waals surface area contributed by atoms with E-state index in [4.69, 9.17) is 14.7 Å². The lowest BCUT2D eigenvalue weighted by Crippen LogP contribution is -2.24. The van der Waals surface area contributed by atoms with Gasteiger partial charge in [-0.1, -0.05) is 49.7 Å². The highest BCUT2D eigenvalue weighted by atomic mass is 16.5. The molecule has 1 aliphatic heterocycles. The van der Waals surface area contributed by atoms with E-state index in [1.165, 1.54) is 5.56 Å². The molecule has 2 heterocycles. The predicted molar refractivity (Wildman–Crippen MR) is 112 cm³/mol. The van der Waals surface area contributed by atoms with Crippen LogP contribution in [0.25, 0.3) is 22.5 Å². The Morgan fingerprint density at radius 2 is 1.69 bits per heavy atom. The van der Waals surface area contributed by atoms with Gasteiger partial charge in [-0.15, -0.1) is 0 Å². The fourth-order valence-electron chi connectivity index (χ4n) is 3.43. The molecule has 0 saturated carbocycles. The minimum atomic E-state index is -0.935. The summed E-state index contributed by atoms with van der Waals surface area (Å²) in [6, 6.07) is 15.3. The molecule has 5 nitrogen and oxygen atoms in total. The van der Waals surface area contributed by atoms with Crippen molar-refractivity contribution in [3.05, 3.63) is 71.5 Å². The van der Waals surface area contributed by atoms with Gasteiger partial charge in [-0.2, -0.15) is 0 Å². The number of aromatic nitrogens is 2. The van der Waals surface area contributed by atoms with Crippen LogP contribution in [0.5, 0.6) is 0 Å². The van der Waals surface area contributed by atoms with Crippen LogP contribution in [0.3, 0.4) is 0 Å². The summed E-state index contributed by atoms with van der Waals surface area (Å²) in [6.45, 7) is 3.72. The molecule has 0 atom stereocenters. The van der Waals surface area contributed by atoms with Gasteiger partial charge in [0.1, 0.15) is 0 Å². The third kappa shape index (κ3) is 4.20. The van der Waals surface area contributed by atoms with Gasteiger partial charge in [-0.25, -0.2) is 9.78 Å². The van der Waals surface area contributed by atoms with Crippen LogP contribution in [0.2, 0.25) is 0 Å². The van der Waals surface area contributed by atoms with Crippen molar-refractivity contribution in [3.8, 4) is 22.5 Å². The first-order chi connectivity index (χ1) is 14.2. The minimum absolute atomic E-state index is 0.262. The lowest BCUT2D eigenvalue weighted by molar-refractivity contribution is 0.00842. The van der Waals surface area contributed by atoms with E-state index in [-0.39, 0.29) is 5.56 Å².